The number of anilines is 1. The summed E-state index contributed by atoms with van der Waals surface area (Å²) in [7, 11) is 0. The zero-order valence-corrected chi connectivity index (χ0v) is 9.37. The normalized spacial score (nSPS) is 10.7. The fraction of sp³-hybridized carbons (Fsp3) is 0.444. The van der Waals surface area contributed by atoms with Crippen LogP contribution in [0.1, 0.15) is 25.5 Å². The number of thiazole rings is 1. The second kappa shape index (κ2) is 4.39. The van der Waals surface area contributed by atoms with E-state index < -0.39 is 0 Å². The summed E-state index contributed by atoms with van der Waals surface area (Å²) < 4.78 is 1.72. The van der Waals surface area contributed by atoms with Gasteiger partial charge in [0.2, 0.25) is 0 Å². The number of nitrogens with two attached hydrogens (primary N) is 1. The summed E-state index contributed by atoms with van der Waals surface area (Å²) in [5.74, 6) is 0. The van der Waals surface area contributed by atoms with Crippen LogP contribution in [0.2, 0.25) is 0 Å². The van der Waals surface area contributed by atoms with E-state index in [4.69, 9.17) is 5.73 Å². The van der Waals surface area contributed by atoms with Crippen molar-refractivity contribution in [2.45, 2.75) is 26.2 Å². The number of hydrogen-bond acceptors (Lipinski definition) is 5. The Bertz CT molecular complexity index is 420. The van der Waals surface area contributed by atoms with Gasteiger partial charge in [-0.25, -0.2) is 14.6 Å². The molecule has 2 heterocycles. The maximum atomic E-state index is 5.70. The molecule has 0 saturated carbocycles. The van der Waals surface area contributed by atoms with Gasteiger partial charge in [0.1, 0.15) is 17.7 Å². The minimum Gasteiger partial charge on any atom is -0.375 e. The molecule has 0 aliphatic rings. The molecule has 5 nitrogen and oxygen atoms in total. The first-order chi connectivity index (χ1) is 7.31. The Morgan fingerprint density at radius 1 is 1.53 bits per heavy atom. The molecule has 0 amide bonds. The first kappa shape index (κ1) is 10.1. The van der Waals surface area contributed by atoms with Crippen molar-refractivity contribution < 1.29 is 0 Å². The van der Waals surface area contributed by atoms with E-state index in [0.717, 1.165) is 30.0 Å². The van der Waals surface area contributed by atoms with Crippen LogP contribution in [-0.4, -0.2) is 19.7 Å². The van der Waals surface area contributed by atoms with E-state index in [9.17, 15) is 0 Å². The molecular weight excluding hydrogens is 210 g/mol. The van der Waals surface area contributed by atoms with E-state index in [1.807, 2.05) is 0 Å². The highest BCUT2D eigenvalue weighted by atomic mass is 32.1. The molecule has 2 N–H and O–H groups in total. The lowest BCUT2D eigenvalue weighted by molar-refractivity contribution is 0.767. The SMILES string of the molecule is CCCCc1nc(N)sc1-n1cncn1. The van der Waals surface area contributed by atoms with Gasteiger partial charge in [-0.1, -0.05) is 24.7 Å². The molecule has 0 aromatic carbocycles. The van der Waals surface area contributed by atoms with E-state index in [2.05, 4.69) is 22.0 Å². The molecule has 2 aromatic rings. The monoisotopic (exact) mass is 223 g/mol. The predicted octanol–water partition coefficient (Wildman–Crippen LogP) is 1.65. The third-order valence-corrected chi connectivity index (χ3v) is 3.00. The van der Waals surface area contributed by atoms with Crippen molar-refractivity contribution >= 4 is 16.5 Å². The van der Waals surface area contributed by atoms with E-state index in [1.54, 1.807) is 11.0 Å². The Morgan fingerprint density at radius 3 is 3.07 bits per heavy atom. The maximum Gasteiger partial charge on any atom is 0.182 e. The van der Waals surface area contributed by atoms with Crippen molar-refractivity contribution in [2.24, 2.45) is 0 Å². The Labute approximate surface area is 92.0 Å². The average Bonchev–Trinajstić information content (AvgIpc) is 2.83. The Morgan fingerprint density at radius 2 is 2.40 bits per heavy atom. The third kappa shape index (κ3) is 2.15. The number of aryl methyl sites for hydroxylation is 1. The van der Waals surface area contributed by atoms with Gasteiger partial charge >= 0.3 is 0 Å². The van der Waals surface area contributed by atoms with E-state index in [1.165, 1.54) is 17.7 Å². The largest absolute Gasteiger partial charge is 0.375 e. The van der Waals surface area contributed by atoms with Crippen LogP contribution in [0.3, 0.4) is 0 Å². The van der Waals surface area contributed by atoms with Crippen LogP contribution < -0.4 is 5.73 Å². The second-order valence-corrected chi connectivity index (χ2v) is 4.26. The molecule has 80 valence electrons. The molecule has 15 heavy (non-hydrogen) atoms. The summed E-state index contributed by atoms with van der Waals surface area (Å²) in [5.41, 5.74) is 6.72. The summed E-state index contributed by atoms with van der Waals surface area (Å²) in [6, 6.07) is 0. The summed E-state index contributed by atoms with van der Waals surface area (Å²) in [5, 5.41) is 5.66. The van der Waals surface area contributed by atoms with Crippen molar-refractivity contribution in [3.8, 4) is 5.00 Å². The highest BCUT2D eigenvalue weighted by Crippen LogP contribution is 2.25. The lowest BCUT2D eigenvalue weighted by atomic mass is 10.2. The zero-order chi connectivity index (χ0) is 10.7. The molecule has 0 spiro atoms. The average molecular weight is 223 g/mol. The summed E-state index contributed by atoms with van der Waals surface area (Å²) in [6.45, 7) is 2.16. The minimum absolute atomic E-state index is 0.589. The Balaban J connectivity index is 2.29. The standard InChI is InChI=1S/C9H13N5S/c1-2-3-4-7-8(15-9(10)13-7)14-6-11-5-12-14/h5-6H,2-4H2,1H3,(H2,10,13). The van der Waals surface area contributed by atoms with Crippen molar-refractivity contribution in [1.82, 2.24) is 19.7 Å². The molecule has 0 aliphatic heterocycles. The first-order valence-electron chi connectivity index (χ1n) is 4.91. The van der Waals surface area contributed by atoms with E-state index >= 15 is 0 Å². The molecule has 6 heteroatoms. The number of nitrogens with zero attached hydrogens (tertiary/aromatic N) is 4. The lowest BCUT2D eigenvalue weighted by Crippen LogP contribution is -1.97. The fourth-order valence-electron chi connectivity index (χ4n) is 1.36. The van der Waals surface area contributed by atoms with Crippen LogP contribution in [0.15, 0.2) is 12.7 Å². The van der Waals surface area contributed by atoms with E-state index in [0.29, 0.717) is 5.13 Å². The van der Waals surface area contributed by atoms with Gasteiger partial charge < -0.3 is 5.73 Å². The predicted molar refractivity (Wildman–Crippen MR) is 60.1 cm³/mol. The number of nitrogen functional groups attached to an aromatic ring is 1. The zero-order valence-electron chi connectivity index (χ0n) is 8.55. The molecular formula is C9H13N5S. The molecule has 0 bridgehead atoms. The van der Waals surface area contributed by atoms with Gasteiger partial charge in [-0.2, -0.15) is 5.10 Å². The van der Waals surface area contributed by atoms with Gasteiger partial charge in [-0.05, 0) is 12.8 Å². The van der Waals surface area contributed by atoms with Crippen LogP contribution >= 0.6 is 11.3 Å². The number of rotatable bonds is 4. The van der Waals surface area contributed by atoms with Crippen LogP contribution in [0.25, 0.3) is 5.00 Å². The Hall–Kier alpha value is -1.43. The summed E-state index contributed by atoms with van der Waals surface area (Å²) >= 11 is 1.45. The highest BCUT2D eigenvalue weighted by molar-refractivity contribution is 7.17. The van der Waals surface area contributed by atoms with Crippen molar-refractivity contribution in [2.75, 3.05) is 5.73 Å². The first-order valence-corrected chi connectivity index (χ1v) is 5.73. The maximum absolute atomic E-state index is 5.70. The van der Waals surface area contributed by atoms with Gasteiger partial charge in [0.25, 0.3) is 0 Å². The van der Waals surface area contributed by atoms with Crippen LogP contribution in [-0.2, 0) is 6.42 Å². The van der Waals surface area contributed by atoms with Gasteiger partial charge in [-0.15, -0.1) is 0 Å². The van der Waals surface area contributed by atoms with Gasteiger partial charge in [-0.3, -0.25) is 0 Å². The third-order valence-electron chi connectivity index (χ3n) is 2.09. The summed E-state index contributed by atoms with van der Waals surface area (Å²) in [4.78, 5) is 8.23. The van der Waals surface area contributed by atoms with Crippen LogP contribution in [0.4, 0.5) is 5.13 Å². The molecule has 0 radical (unpaired) electrons. The smallest absolute Gasteiger partial charge is 0.182 e. The number of aromatic nitrogens is 4. The van der Waals surface area contributed by atoms with Crippen LogP contribution in [0.5, 0.6) is 0 Å². The molecule has 2 aromatic heterocycles. The Kier molecular flexibility index (Phi) is 2.96. The highest BCUT2D eigenvalue weighted by Gasteiger charge is 2.11. The number of hydrogen-bond donors (Lipinski definition) is 1. The molecule has 2 rings (SSSR count). The lowest BCUT2D eigenvalue weighted by Gasteiger charge is -1.99. The van der Waals surface area contributed by atoms with Gasteiger partial charge in [0.15, 0.2) is 5.13 Å². The molecule has 0 atom stereocenters. The van der Waals surface area contributed by atoms with Gasteiger partial charge in [0, 0.05) is 0 Å². The minimum atomic E-state index is 0.589. The quantitative estimate of drug-likeness (QED) is 0.855. The molecule has 0 fully saturated rings. The second-order valence-electron chi connectivity index (χ2n) is 3.25. The summed E-state index contributed by atoms with van der Waals surface area (Å²) in [6.07, 6.45) is 6.39. The van der Waals surface area contributed by atoms with Crippen molar-refractivity contribution in [1.29, 1.82) is 0 Å². The molecule has 0 unspecified atom stereocenters. The number of unbranched alkanes of at least 4 members (excludes halogenated alkanes) is 1. The van der Waals surface area contributed by atoms with Gasteiger partial charge in [0.05, 0.1) is 5.69 Å². The van der Waals surface area contributed by atoms with Crippen molar-refractivity contribution in [3.05, 3.63) is 18.3 Å². The molecule has 0 aliphatic carbocycles. The topological polar surface area (TPSA) is 69.6 Å². The fourth-order valence-corrected chi connectivity index (χ4v) is 2.17. The van der Waals surface area contributed by atoms with Crippen molar-refractivity contribution in [3.63, 3.8) is 0 Å². The van der Waals surface area contributed by atoms with Crippen LogP contribution in [0, 0.1) is 0 Å². The van der Waals surface area contributed by atoms with E-state index in [-0.39, 0.29) is 0 Å². The molecule has 0 saturated heterocycles.